The van der Waals surface area contributed by atoms with Crippen molar-refractivity contribution in [2.75, 3.05) is 0 Å². The second-order valence-electron chi connectivity index (χ2n) is 3.42. The van der Waals surface area contributed by atoms with Crippen molar-refractivity contribution in [1.29, 1.82) is 0 Å². The lowest BCUT2D eigenvalue weighted by molar-refractivity contribution is -0.111. The largest absolute Gasteiger partial charge is 0.315 e. The number of carbonyl (C=O) groups is 1. The molecule has 4 heteroatoms. The highest BCUT2D eigenvalue weighted by Gasteiger charge is 2.06. The van der Waals surface area contributed by atoms with Crippen LogP contribution < -0.4 is 5.56 Å². The predicted octanol–water partition coefficient (Wildman–Crippen LogP) is 1.96. The minimum absolute atomic E-state index is 0.00730. The Bertz CT molecular complexity index is 398. The van der Waals surface area contributed by atoms with Gasteiger partial charge in [-0.15, -0.1) is 0 Å². The summed E-state index contributed by atoms with van der Waals surface area (Å²) in [6, 6.07) is 3.41. The second-order valence-corrected chi connectivity index (χ2v) is 3.84. The normalized spacial score (nSPS) is 10.3. The third kappa shape index (κ3) is 3.51. The van der Waals surface area contributed by atoms with Gasteiger partial charge in [0, 0.05) is 18.3 Å². The van der Waals surface area contributed by atoms with Crippen LogP contribution in [-0.4, -0.2) is 9.81 Å². The Morgan fingerprint density at radius 3 is 2.87 bits per heavy atom. The van der Waals surface area contributed by atoms with E-state index in [4.69, 9.17) is 11.6 Å². The van der Waals surface area contributed by atoms with Crippen molar-refractivity contribution in [3.05, 3.63) is 34.2 Å². The molecule has 1 rings (SSSR count). The van der Waals surface area contributed by atoms with E-state index in [1.165, 1.54) is 0 Å². The number of pyridine rings is 1. The molecule has 0 aromatic carbocycles. The Hall–Kier alpha value is -1.09. The summed E-state index contributed by atoms with van der Waals surface area (Å²) in [7, 11) is 0. The average Bonchev–Trinajstić information content (AvgIpc) is 2.19. The number of nitrogens with zero attached hydrogens (tertiary/aromatic N) is 1. The monoisotopic (exact) mass is 227 g/mol. The van der Waals surface area contributed by atoms with Gasteiger partial charge in [-0.05, 0) is 24.1 Å². The smallest absolute Gasteiger partial charge is 0.254 e. The van der Waals surface area contributed by atoms with Gasteiger partial charge in [-0.2, -0.15) is 0 Å². The SMILES string of the molecule is CCCCn1cccc(CC(=O)Cl)c1=O. The maximum atomic E-state index is 11.8. The summed E-state index contributed by atoms with van der Waals surface area (Å²) in [5.41, 5.74) is 0.355. The van der Waals surface area contributed by atoms with Gasteiger partial charge < -0.3 is 4.57 Å². The van der Waals surface area contributed by atoms with E-state index in [9.17, 15) is 9.59 Å². The van der Waals surface area contributed by atoms with Gasteiger partial charge in [0.05, 0.1) is 6.42 Å². The average molecular weight is 228 g/mol. The van der Waals surface area contributed by atoms with Gasteiger partial charge >= 0.3 is 0 Å². The lowest BCUT2D eigenvalue weighted by Gasteiger charge is -2.05. The maximum absolute atomic E-state index is 11.8. The highest BCUT2D eigenvalue weighted by molar-refractivity contribution is 6.63. The van der Waals surface area contributed by atoms with Gasteiger partial charge in [-0.3, -0.25) is 9.59 Å². The summed E-state index contributed by atoms with van der Waals surface area (Å²) in [6.45, 7) is 2.76. The molecule has 0 aliphatic carbocycles. The number of hydrogen-bond donors (Lipinski definition) is 0. The zero-order valence-corrected chi connectivity index (χ0v) is 9.46. The molecule has 82 valence electrons. The van der Waals surface area contributed by atoms with Gasteiger partial charge in [-0.1, -0.05) is 19.4 Å². The maximum Gasteiger partial charge on any atom is 0.254 e. The summed E-state index contributed by atoms with van der Waals surface area (Å²) < 4.78 is 1.62. The molecule has 0 N–H and O–H groups in total. The lowest BCUT2D eigenvalue weighted by Crippen LogP contribution is -2.23. The molecule has 0 bridgehead atoms. The molecule has 0 aliphatic heterocycles. The van der Waals surface area contributed by atoms with Gasteiger partial charge in [0.15, 0.2) is 0 Å². The molecule has 0 atom stereocenters. The van der Waals surface area contributed by atoms with Crippen molar-refractivity contribution in [2.45, 2.75) is 32.7 Å². The minimum Gasteiger partial charge on any atom is -0.315 e. The molecule has 0 spiro atoms. The molecular weight excluding hydrogens is 214 g/mol. The number of aryl methyl sites for hydroxylation is 1. The Morgan fingerprint density at radius 2 is 2.27 bits per heavy atom. The number of carbonyl (C=O) groups excluding carboxylic acids is 1. The zero-order chi connectivity index (χ0) is 11.3. The van der Waals surface area contributed by atoms with E-state index in [-0.39, 0.29) is 12.0 Å². The predicted molar refractivity (Wildman–Crippen MR) is 60.2 cm³/mol. The molecule has 0 unspecified atom stereocenters. The third-order valence-electron chi connectivity index (χ3n) is 2.18. The zero-order valence-electron chi connectivity index (χ0n) is 8.70. The summed E-state index contributed by atoms with van der Waals surface area (Å²) in [6.07, 6.45) is 3.73. The number of hydrogen-bond acceptors (Lipinski definition) is 2. The molecule has 1 heterocycles. The lowest BCUT2D eigenvalue weighted by atomic mass is 10.2. The first kappa shape index (κ1) is 12.0. The van der Waals surface area contributed by atoms with Crippen molar-refractivity contribution >= 4 is 16.8 Å². The fourth-order valence-electron chi connectivity index (χ4n) is 1.38. The van der Waals surface area contributed by atoms with Gasteiger partial charge in [0.25, 0.3) is 5.56 Å². The van der Waals surface area contributed by atoms with Gasteiger partial charge in [0.2, 0.25) is 5.24 Å². The van der Waals surface area contributed by atoms with Crippen LogP contribution in [0.2, 0.25) is 0 Å². The molecule has 0 saturated carbocycles. The molecule has 0 amide bonds. The van der Waals surface area contributed by atoms with Crippen molar-refractivity contribution in [2.24, 2.45) is 0 Å². The first-order valence-corrected chi connectivity index (χ1v) is 5.39. The molecule has 3 nitrogen and oxygen atoms in total. The van der Waals surface area contributed by atoms with Crippen LogP contribution in [0.1, 0.15) is 25.3 Å². The topological polar surface area (TPSA) is 39.1 Å². The van der Waals surface area contributed by atoms with E-state index in [0.717, 1.165) is 12.8 Å². The van der Waals surface area contributed by atoms with E-state index >= 15 is 0 Å². The first-order chi connectivity index (χ1) is 7.15. The Morgan fingerprint density at radius 1 is 1.53 bits per heavy atom. The van der Waals surface area contributed by atoms with Crippen LogP contribution in [0.3, 0.4) is 0 Å². The highest BCUT2D eigenvalue weighted by atomic mass is 35.5. The Kier molecular flexibility index (Phi) is 4.56. The quantitative estimate of drug-likeness (QED) is 0.722. The molecule has 15 heavy (non-hydrogen) atoms. The van der Waals surface area contributed by atoms with Crippen LogP contribution in [0, 0.1) is 0 Å². The molecule has 0 saturated heterocycles. The fourth-order valence-corrected chi connectivity index (χ4v) is 1.52. The standard InChI is InChI=1S/C11H14ClNO2/c1-2-3-6-13-7-4-5-9(11(13)15)8-10(12)14/h4-5,7H,2-3,6,8H2,1H3. The Labute approximate surface area is 93.7 Å². The molecule has 0 fully saturated rings. The van der Waals surface area contributed by atoms with Gasteiger partial charge in [0.1, 0.15) is 0 Å². The summed E-state index contributed by atoms with van der Waals surface area (Å²) in [5, 5.41) is -0.500. The molecule has 0 aliphatic rings. The van der Waals surface area contributed by atoms with Crippen LogP contribution in [0.4, 0.5) is 0 Å². The summed E-state index contributed by atoms with van der Waals surface area (Å²) in [5.74, 6) is 0. The van der Waals surface area contributed by atoms with Crippen molar-refractivity contribution in [3.63, 3.8) is 0 Å². The van der Waals surface area contributed by atoms with Crippen LogP contribution in [0.25, 0.3) is 0 Å². The van der Waals surface area contributed by atoms with E-state index in [1.54, 1.807) is 22.9 Å². The fraction of sp³-hybridized carbons (Fsp3) is 0.455. The Balaban J connectivity index is 2.90. The molecule has 0 radical (unpaired) electrons. The summed E-state index contributed by atoms with van der Waals surface area (Å²) in [4.78, 5) is 22.5. The number of aromatic nitrogens is 1. The van der Waals surface area contributed by atoms with E-state index in [2.05, 4.69) is 6.92 Å². The van der Waals surface area contributed by atoms with Crippen LogP contribution >= 0.6 is 11.6 Å². The van der Waals surface area contributed by atoms with Crippen molar-refractivity contribution < 1.29 is 4.79 Å². The molecule has 1 aromatic heterocycles. The minimum atomic E-state index is -0.500. The molecule has 1 aromatic rings. The third-order valence-corrected chi connectivity index (χ3v) is 2.31. The first-order valence-electron chi connectivity index (χ1n) is 5.01. The van der Waals surface area contributed by atoms with E-state index < -0.39 is 5.24 Å². The summed E-state index contributed by atoms with van der Waals surface area (Å²) >= 11 is 5.25. The van der Waals surface area contributed by atoms with Crippen molar-refractivity contribution in [3.8, 4) is 0 Å². The number of halogens is 1. The van der Waals surface area contributed by atoms with Crippen LogP contribution in [-0.2, 0) is 17.8 Å². The van der Waals surface area contributed by atoms with Crippen LogP contribution in [0.5, 0.6) is 0 Å². The second kappa shape index (κ2) is 5.71. The van der Waals surface area contributed by atoms with E-state index in [1.807, 2.05) is 0 Å². The highest BCUT2D eigenvalue weighted by Crippen LogP contribution is 1.98. The number of rotatable bonds is 5. The van der Waals surface area contributed by atoms with Crippen LogP contribution in [0.15, 0.2) is 23.1 Å². The van der Waals surface area contributed by atoms with E-state index in [0.29, 0.717) is 12.1 Å². The van der Waals surface area contributed by atoms with Gasteiger partial charge in [-0.25, -0.2) is 0 Å². The van der Waals surface area contributed by atoms with Crippen molar-refractivity contribution in [1.82, 2.24) is 4.57 Å². The number of unbranched alkanes of at least 4 members (excludes halogenated alkanes) is 1. The molecular formula is C11H14ClNO2.